The molecule has 4 rings (SSSR count). The molecule has 32 heavy (non-hydrogen) atoms. The van der Waals surface area contributed by atoms with Crippen LogP contribution in [0.4, 0.5) is 9.59 Å². The quantitative estimate of drug-likeness (QED) is 0.763. The van der Waals surface area contributed by atoms with Crippen molar-refractivity contribution in [3.8, 4) is 0 Å². The Morgan fingerprint density at radius 1 is 1.09 bits per heavy atom. The van der Waals surface area contributed by atoms with Gasteiger partial charge in [0.1, 0.15) is 5.60 Å². The van der Waals surface area contributed by atoms with Crippen LogP contribution in [0.15, 0.2) is 48.8 Å². The van der Waals surface area contributed by atoms with Crippen LogP contribution in [0.5, 0.6) is 0 Å². The van der Waals surface area contributed by atoms with Gasteiger partial charge in [-0.1, -0.05) is 12.1 Å². The zero-order valence-electron chi connectivity index (χ0n) is 18.7. The Morgan fingerprint density at radius 2 is 1.78 bits per heavy atom. The molecule has 0 aliphatic carbocycles. The van der Waals surface area contributed by atoms with Crippen LogP contribution < -0.4 is 10.6 Å². The van der Waals surface area contributed by atoms with E-state index in [1.54, 1.807) is 22.2 Å². The summed E-state index contributed by atoms with van der Waals surface area (Å²) in [5.74, 6) is -0.280. The molecule has 0 spiro atoms. The fourth-order valence-electron chi connectivity index (χ4n) is 4.19. The highest BCUT2D eigenvalue weighted by Gasteiger charge is 2.61. The van der Waals surface area contributed by atoms with Gasteiger partial charge in [0.05, 0.1) is 11.6 Å². The van der Waals surface area contributed by atoms with E-state index < -0.39 is 17.4 Å². The zero-order valence-corrected chi connectivity index (χ0v) is 18.7. The summed E-state index contributed by atoms with van der Waals surface area (Å²) in [6, 6.07) is 10.9. The van der Waals surface area contributed by atoms with E-state index in [1.165, 1.54) is 0 Å². The van der Waals surface area contributed by atoms with Gasteiger partial charge in [-0.3, -0.25) is 14.9 Å². The molecule has 2 atom stereocenters. The van der Waals surface area contributed by atoms with E-state index in [0.29, 0.717) is 25.3 Å². The van der Waals surface area contributed by atoms with Crippen molar-refractivity contribution in [1.82, 2.24) is 30.4 Å². The Labute approximate surface area is 188 Å². The number of carbonyl (C=O) groups is 2. The maximum Gasteiger partial charge on any atom is 0.412 e. The van der Waals surface area contributed by atoms with Crippen molar-refractivity contribution in [3.63, 3.8) is 0 Å². The van der Waals surface area contributed by atoms with Gasteiger partial charge in [0.15, 0.2) is 5.66 Å². The molecule has 0 aromatic carbocycles. The maximum atomic E-state index is 13.4. The van der Waals surface area contributed by atoms with E-state index in [4.69, 9.17) is 4.74 Å². The van der Waals surface area contributed by atoms with Gasteiger partial charge in [-0.25, -0.2) is 9.59 Å². The molecule has 2 aromatic heterocycles. The number of carbonyl (C=O) groups excluding carboxylic acids is 2. The molecule has 3 amide bonds. The molecule has 0 radical (unpaired) electrons. The van der Waals surface area contributed by atoms with E-state index in [0.717, 1.165) is 18.8 Å². The summed E-state index contributed by atoms with van der Waals surface area (Å²) < 4.78 is 5.69. The van der Waals surface area contributed by atoms with Crippen molar-refractivity contribution in [3.05, 3.63) is 60.2 Å². The summed E-state index contributed by atoms with van der Waals surface area (Å²) in [6.07, 6.45) is 2.87. The van der Waals surface area contributed by atoms with E-state index >= 15 is 0 Å². The third-order valence-corrected chi connectivity index (χ3v) is 5.71. The van der Waals surface area contributed by atoms with E-state index in [2.05, 4.69) is 20.6 Å². The van der Waals surface area contributed by atoms with Crippen LogP contribution in [0.3, 0.4) is 0 Å². The lowest BCUT2D eigenvalue weighted by Gasteiger charge is -2.57. The minimum atomic E-state index is -1.21. The number of rotatable bonds is 3. The molecule has 9 nitrogen and oxygen atoms in total. The molecule has 2 aliphatic rings. The largest absolute Gasteiger partial charge is 0.444 e. The number of ether oxygens (including phenoxy) is 1. The minimum absolute atomic E-state index is 0.244. The predicted octanol–water partition coefficient (Wildman–Crippen LogP) is 2.28. The van der Waals surface area contributed by atoms with Crippen molar-refractivity contribution in [2.45, 2.75) is 38.0 Å². The number of nitrogens with zero attached hydrogens (tertiary/aromatic N) is 4. The molecule has 4 heterocycles. The molecule has 2 unspecified atom stereocenters. The number of pyridine rings is 2. The highest BCUT2D eigenvalue weighted by molar-refractivity contribution is 5.79. The smallest absolute Gasteiger partial charge is 0.412 e. The average Bonchev–Trinajstić information content (AvgIpc) is 2.77. The number of amides is 3. The Morgan fingerprint density at radius 3 is 2.38 bits per heavy atom. The second kappa shape index (κ2) is 8.74. The van der Waals surface area contributed by atoms with Gasteiger partial charge < -0.3 is 20.3 Å². The number of piperazine rings is 1. The van der Waals surface area contributed by atoms with Crippen LogP contribution in [0.2, 0.25) is 0 Å². The van der Waals surface area contributed by atoms with Crippen molar-refractivity contribution in [1.29, 1.82) is 0 Å². The van der Waals surface area contributed by atoms with Gasteiger partial charge in [0.2, 0.25) is 0 Å². The summed E-state index contributed by atoms with van der Waals surface area (Å²) >= 11 is 0. The van der Waals surface area contributed by atoms with Crippen LogP contribution >= 0.6 is 0 Å². The number of hydrogen-bond acceptors (Lipinski definition) is 6. The van der Waals surface area contributed by atoms with Crippen molar-refractivity contribution >= 4 is 12.1 Å². The topological polar surface area (TPSA) is 99.7 Å². The summed E-state index contributed by atoms with van der Waals surface area (Å²) in [4.78, 5) is 39.0. The average molecular weight is 439 g/mol. The molecule has 2 N–H and O–H groups in total. The van der Waals surface area contributed by atoms with Gasteiger partial charge in [-0.2, -0.15) is 0 Å². The Hall–Kier alpha value is -3.20. The Bertz CT molecular complexity index is 943. The first-order valence-corrected chi connectivity index (χ1v) is 10.9. The second-order valence-corrected chi connectivity index (χ2v) is 9.05. The summed E-state index contributed by atoms with van der Waals surface area (Å²) in [6.45, 7) is 8.45. The molecular weight excluding hydrogens is 408 g/mol. The number of urea groups is 1. The first-order chi connectivity index (χ1) is 15.3. The van der Waals surface area contributed by atoms with Crippen LogP contribution in [-0.2, 0) is 10.4 Å². The van der Waals surface area contributed by atoms with E-state index in [1.807, 2.05) is 57.2 Å². The third kappa shape index (κ3) is 4.25. The van der Waals surface area contributed by atoms with Gasteiger partial charge in [-0.05, 0) is 45.0 Å². The Balaban J connectivity index is 1.76. The van der Waals surface area contributed by atoms with Gasteiger partial charge in [0.25, 0.3) is 0 Å². The van der Waals surface area contributed by atoms with Crippen LogP contribution in [0.25, 0.3) is 0 Å². The lowest BCUT2D eigenvalue weighted by atomic mass is 9.76. The molecule has 170 valence electrons. The second-order valence-electron chi connectivity index (χ2n) is 9.05. The first-order valence-electron chi connectivity index (χ1n) is 10.9. The fourth-order valence-corrected chi connectivity index (χ4v) is 4.19. The van der Waals surface area contributed by atoms with Crippen molar-refractivity contribution in [2.24, 2.45) is 0 Å². The fraction of sp³-hybridized carbons (Fsp3) is 0.478. The molecule has 0 bridgehead atoms. The lowest BCUT2D eigenvalue weighted by Crippen LogP contribution is -2.74. The summed E-state index contributed by atoms with van der Waals surface area (Å²) in [7, 11) is 0. The number of likely N-dealkylation sites (tertiary alicyclic amines) is 1. The lowest BCUT2D eigenvalue weighted by molar-refractivity contribution is -0.0797. The Kier molecular flexibility index (Phi) is 6.01. The molecule has 2 aliphatic heterocycles. The van der Waals surface area contributed by atoms with Gasteiger partial charge >= 0.3 is 12.1 Å². The van der Waals surface area contributed by atoms with Gasteiger partial charge in [-0.15, -0.1) is 0 Å². The van der Waals surface area contributed by atoms with Crippen LogP contribution in [0.1, 0.15) is 38.1 Å². The van der Waals surface area contributed by atoms with Crippen LogP contribution in [0, 0.1) is 0 Å². The van der Waals surface area contributed by atoms with Crippen molar-refractivity contribution < 1.29 is 14.3 Å². The zero-order chi connectivity index (χ0) is 22.8. The number of aromatic nitrogens is 2. The van der Waals surface area contributed by atoms with E-state index in [9.17, 15) is 9.59 Å². The standard InChI is InChI=1S/C23H30N6O3/c1-22(2,3)32-21(31)29-16-17(18-8-4-6-10-25-18)23(29,19-9-5-7-11-26-19)27-20(30)28-14-12-24-13-15-28/h4-11,17,24H,12-16H2,1-3H3,(H,27,30). The number of hydrogen-bond donors (Lipinski definition) is 2. The number of nitrogens with one attached hydrogen (secondary N) is 2. The van der Waals surface area contributed by atoms with E-state index in [-0.39, 0.29) is 11.9 Å². The monoisotopic (exact) mass is 438 g/mol. The summed E-state index contributed by atoms with van der Waals surface area (Å²) in [5, 5.41) is 6.41. The highest BCUT2D eigenvalue weighted by Crippen LogP contribution is 2.48. The molecule has 0 saturated carbocycles. The van der Waals surface area contributed by atoms with Crippen molar-refractivity contribution in [2.75, 3.05) is 32.7 Å². The van der Waals surface area contributed by atoms with Crippen LogP contribution in [-0.4, -0.2) is 70.2 Å². The molecule has 2 fully saturated rings. The molecular formula is C23H30N6O3. The molecule has 2 aromatic rings. The minimum Gasteiger partial charge on any atom is -0.444 e. The molecule has 2 saturated heterocycles. The SMILES string of the molecule is CC(C)(C)OC(=O)N1CC(c2ccccn2)C1(NC(=O)N1CCNCC1)c1ccccn1. The first kappa shape index (κ1) is 22.0. The summed E-state index contributed by atoms with van der Waals surface area (Å²) in [5.41, 5.74) is -0.541. The molecule has 9 heteroatoms. The normalized spacial score (nSPS) is 23.3. The third-order valence-electron chi connectivity index (χ3n) is 5.71. The highest BCUT2D eigenvalue weighted by atomic mass is 16.6. The van der Waals surface area contributed by atoms with Gasteiger partial charge in [0, 0.05) is 50.8 Å². The predicted molar refractivity (Wildman–Crippen MR) is 119 cm³/mol. The maximum absolute atomic E-state index is 13.4.